The van der Waals surface area contributed by atoms with Gasteiger partial charge in [-0.05, 0) is 32.1 Å². The lowest BCUT2D eigenvalue weighted by molar-refractivity contribution is -0.298. The van der Waals surface area contributed by atoms with Crippen LogP contribution < -0.4 is 5.32 Å². The van der Waals surface area contributed by atoms with Crippen LogP contribution in [-0.4, -0.2) is 95.4 Å². The first-order valence-electron chi connectivity index (χ1n) is 25.1. The number of aliphatic hydroxyl groups is 4. The molecule has 1 rings (SSSR count). The molecule has 0 aromatic carbocycles. The number of ether oxygens (including phenoxy) is 2. The molecule has 1 heterocycles. The van der Waals surface area contributed by atoms with Gasteiger partial charge in [0, 0.05) is 6.42 Å². The van der Waals surface area contributed by atoms with Gasteiger partial charge in [0.15, 0.2) is 6.29 Å². The molecule has 7 unspecified atom stereocenters. The molecule has 0 bridgehead atoms. The third kappa shape index (κ3) is 32.2. The first kappa shape index (κ1) is 57.9. The molecule has 6 N–H and O–H groups in total. The van der Waals surface area contributed by atoms with Crippen molar-refractivity contribution in [1.82, 2.24) is 5.32 Å². The van der Waals surface area contributed by atoms with E-state index in [0.717, 1.165) is 44.9 Å². The molecule has 1 aliphatic rings. The molecule has 7 atom stereocenters. The van der Waals surface area contributed by atoms with Gasteiger partial charge < -0.3 is 35.2 Å². The molecule has 12 nitrogen and oxygen atoms in total. The molecule has 1 saturated heterocycles. The number of rotatable bonds is 43. The van der Waals surface area contributed by atoms with Gasteiger partial charge in [0.2, 0.25) is 5.91 Å². The number of hydrogen-bond acceptors (Lipinski definition) is 10. The molecule has 1 aliphatic heterocycles. The van der Waals surface area contributed by atoms with Gasteiger partial charge in [-0.3, -0.25) is 9.35 Å². The quantitative estimate of drug-likeness (QED) is 0.0194. The second-order valence-electron chi connectivity index (χ2n) is 17.8. The molecule has 0 aromatic rings. The molecule has 13 heteroatoms. The first-order chi connectivity index (χ1) is 29.5. The molecular weight excluding hydrogens is 799 g/mol. The fraction of sp³-hybridized carbons (Fsp3) is 0.938. The van der Waals surface area contributed by atoms with Crippen molar-refractivity contribution in [3.63, 3.8) is 0 Å². The van der Waals surface area contributed by atoms with Crippen LogP contribution in [0.3, 0.4) is 0 Å². The van der Waals surface area contributed by atoms with E-state index in [9.17, 15) is 38.2 Å². The minimum atomic E-state index is -5.08. The van der Waals surface area contributed by atoms with Crippen molar-refractivity contribution in [3.05, 3.63) is 12.2 Å². The Labute approximate surface area is 372 Å². The van der Waals surface area contributed by atoms with E-state index in [-0.39, 0.29) is 18.9 Å². The van der Waals surface area contributed by atoms with E-state index in [1.54, 1.807) is 0 Å². The molecule has 0 saturated carbocycles. The van der Waals surface area contributed by atoms with Crippen LogP contribution in [-0.2, 0) is 28.9 Å². The van der Waals surface area contributed by atoms with Crippen molar-refractivity contribution < 1.29 is 51.8 Å². The zero-order chi connectivity index (χ0) is 44.8. The lowest BCUT2D eigenvalue weighted by Crippen LogP contribution is -2.61. The predicted octanol–water partition coefficient (Wildman–Crippen LogP) is 10.3. The Balaban J connectivity index is 2.33. The SMILES string of the molecule is CCCCCC/C=C\CCCC(=O)NC(COC1OC(CO)C(O)C(OS(=O)(=O)O)C1O)C(O)CCCCCCCCCCCCCCCCCCCCCCCCCCC. The van der Waals surface area contributed by atoms with Crippen LogP contribution in [0.2, 0.25) is 0 Å². The Morgan fingerprint density at radius 3 is 1.48 bits per heavy atom. The standard InChI is InChI=1S/C48H93NO11S/c1-3-5-7-9-11-13-14-15-16-17-18-19-20-21-22-23-24-25-26-27-28-30-31-33-35-37-42(51)41(49-44(52)38-36-34-32-29-12-10-8-6-4-2)40-58-48-46(54)47(60-61(55,56)57)45(53)43(39-50)59-48/h29,32,41-43,45-48,50-51,53-54H,3-28,30-31,33-40H2,1-2H3,(H,49,52)(H,55,56,57)/b32-29-. The highest BCUT2D eigenvalue weighted by atomic mass is 32.3. The van der Waals surface area contributed by atoms with Crippen LogP contribution in [0.15, 0.2) is 12.2 Å². The van der Waals surface area contributed by atoms with Gasteiger partial charge >= 0.3 is 10.4 Å². The summed E-state index contributed by atoms with van der Waals surface area (Å²) in [5.41, 5.74) is 0. The first-order valence-corrected chi connectivity index (χ1v) is 26.4. The normalized spacial score (nSPS) is 20.7. The van der Waals surface area contributed by atoms with Crippen molar-refractivity contribution in [3.8, 4) is 0 Å². The highest BCUT2D eigenvalue weighted by Gasteiger charge is 2.48. The summed E-state index contributed by atoms with van der Waals surface area (Å²) in [6.07, 6.45) is 35.4. The maximum Gasteiger partial charge on any atom is 0.397 e. The van der Waals surface area contributed by atoms with Crippen molar-refractivity contribution in [2.75, 3.05) is 13.2 Å². The van der Waals surface area contributed by atoms with Crippen LogP contribution in [0.4, 0.5) is 0 Å². The second-order valence-corrected chi connectivity index (χ2v) is 18.8. The number of carbonyl (C=O) groups is 1. The fourth-order valence-corrected chi connectivity index (χ4v) is 8.68. The second kappa shape index (κ2) is 39.2. The molecule has 61 heavy (non-hydrogen) atoms. The number of carbonyl (C=O) groups excluding carboxylic acids is 1. The van der Waals surface area contributed by atoms with Gasteiger partial charge in [0.05, 0.1) is 25.4 Å². The van der Waals surface area contributed by atoms with Crippen LogP contribution in [0.25, 0.3) is 0 Å². The minimum absolute atomic E-state index is 0.245. The molecule has 0 aromatic heterocycles. The summed E-state index contributed by atoms with van der Waals surface area (Å²) in [6, 6.07) is -0.868. The lowest BCUT2D eigenvalue weighted by atomic mass is 9.99. The Hall–Kier alpha value is -1.16. The van der Waals surface area contributed by atoms with Crippen LogP contribution in [0, 0.1) is 0 Å². The Bertz CT molecular complexity index is 1140. The van der Waals surface area contributed by atoms with Gasteiger partial charge in [-0.2, -0.15) is 8.42 Å². The van der Waals surface area contributed by atoms with Crippen molar-refractivity contribution in [2.45, 2.75) is 275 Å². The average Bonchev–Trinajstić information content (AvgIpc) is 3.23. The van der Waals surface area contributed by atoms with E-state index in [2.05, 4.69) is 35.5 Å². The zero-order valence-corrected chi connectivity index (χ0v) is 39.6. The monoisotopic (exact) mass is 892 g/mol. The summed E-state index contributed by atoms with van der Waals surface area (Å²) in [6.45, 7) is 3.40. The predicted molar refractivity (Wildman–Crippen MR) is 246 cm³/mol. The number of unbranched alkanes of at least 4 members (excludes halogenated alkanes) is 29. The molecule has 0 aliphatic carbocycles. The summed E-state index contributed by atoms with van der Waals surface area (Å²) in [7, 11) is -5.08. The van der Waals surface area contributed by atoms with E-state index in [1.165, 1.54) is 154 Å². The Morgan fingerprint density at radius 1 is 0.639 bits per heavy atom. The maximum absolute atomic E-state index is 13.0. The molecule has 0 radical (unpaired) electrons. The minimum Gasteiger partial charge on any atom is -0.394 e. The summed E-state index contributed by atoms with van der Waals surface area (Å²) in [5, 5.41) is 44.8. The number of amides is 1. The Morgan fingerprint density at radius 2 is 1.05 bits per heavy atom. The van der Waals surface area contributed by atoms with E-state index in [1.807, 2.05) is 0 Å². The zero-order valence-electron chi connectivity index (χ0n) is 38.7. The number of nitrogens with one attached hydrogen (secondary N) is 1. The van der Waals surface area contributed by atoms with Crippen molar-refractivity contribution in [1.29, 1.82) is 0 Å². The van der Waals surface area contributed by atoms with Gasteiger partial charge in [-0.15, -0.1) is 0 Å². The van der Waals surface area contributed by atoms with E-state index in [4.69, 9.17) is 9.47 Å². The van der Waals surface area contributed by atoms with Gasteiger partial charge in [0.25, 0.3) is 0 Å². The number of aliphatic hydroxyl groups excluding tert-OH is 4. The molecule has 1 amide bonds. The summed E-state index contributed by atoms with van der Waals surface area (Å²) < 4.78 is 47.6. The summed E-state index contributed by atoms with van der Waals surface area (Å²) in [5.74, 6) is -0.264. The maximum atomic E-state index is 13.0. The largest absolute Gasteiger partial charge is 0.397 e. The third-order valence-electron chi connectivity index (χ3n) is 12.1. The smallest absolute Gasteiger partial charge is 0.394 e. The molecule has 1 fully saturated rings. The molecular formula is C48H93NO11S. The summed E-state index contributed by atoms with van der Waals surface area (Å²) >= 11 is 0. The number of allylic oxidation sites excluding steroid dienone is 2. The lowest BCUT2D eigenvalue weighted by Gasteiger charge is -2.41. The van der Waals surface area contributed by atoms with E-state index in [0.29, 0.717) is 12.8 Å². The van der Waals surface area contributed by atoms with Gasteiger partial charge in [0.1, 0.15) is 24.4 Å². The highest BCUT2D eigenvalue weighted by Crippen LogP contribution is 2.26. The van der Waals surface area contributed by atoms with Crippen molar-refractivity contribution in [2.24, 2.45) is 0 Å². The molecule has 362 valence electrons. The van der Waals surface area contributed by atoms with E-state index >= 15 is 0 Å². The topological polar surface area (TPSA) is 192 Å². The molecule has 0 spiro atoms. The van der Waals surface area contributed by atoms with E-state index < -0.39 is 59.9 Å². The van der Waals surface area contributed by atoms with Crippen LogP contribution in [0.5, 0.6) is 0 Å². The fourth-order valence-electron chi connectivity index (χ4n) is 8.17. The third-order valence-corrected chi connectivity index (χ3v) is 12.5. The summed E-state index contributed by atoms with van der Waals surface area (Å²) in [4.78, 5) is 13.0. The number of hydrogen-bond donors (Lipinski definition) is 6. The van der Waals surface area contributed by atoms with Gasteiger partial charge in [-0.25, -0.2) is 4.18 Å². The highest BCUT2D eigenvalue weighted by molar-refractivity contribution is 7.80. The van der Waals surface area contributed by atoms with Gasteiger partial charge in [-0.1, -0.05) is 206 Å². The average molecular weight is 892 g/mol. The van der Waals surface area contributed by atoms with Crippen LogP contribution in [0.1, 0.15) is 232 Å². The van der Waals surface area contributed by atoms with Crippen LogP contribution >= 0.6 is 0 Å². The Kier molecular flexibility index (Phi) is 37.2. The van der Waals surface area contributed by atoms with Crippen molar-refractivity contribution >= 4 is 16.3 Å².